The number of hydrogen-bond donors (Lipinski definition) is 0. The second kappa shape index (κ2) is 15.5. The highest BCUT2D eigenvalue weighted by Gasteiger charge is 2.44. The quantitative estimate of drug-likeness (QED) is 0.154. The van der Waals surface area contributed by atoms with E-state index in [1.165, 1.54) is 48.5 Å². The number of nitrogens with zero attached hydrogens (tertiary/aromatic N) is 2. The maximum absolute atomic E-state index is 14.9. The Hall–Kier alpha value is -6.96. The van der Waals surface area contributed by atoms with Gasteiger partial charge < -0.3 is 18.9 Å². The van der Waals surface area contributed by atoms with Crippen LogP contribution in [0.2, 0.25) is 0 Å². The van der Waals surface area contributed by atoms with Gasteiger partial charge in [-0.05, 0) is 106 Å². The number of hydrogen-bond acceptors (Lipinski definition) is 12. The summed E-state index contributed by atoms with van der Waals surface area (Å²) in [5, 5.41) is 0. The van der Waals surface area contributed by atoms with E-state index in [4.69, 9.17) is 18.9 Å². The molecule has 0 heterocycles. The van der Waals surface area contributed by atoms with Crippen LogP contribution in [-0.2, 0) is 18.9 Å². The molecule has 0 unspecified atom stereocenters. The summed E-state index contributed by atoms with van der Waals surface area (Å²) < 4.78 is 22.5. The summed E-state index contributed by atoms with van der Waals surface area (Å²) in [6.07, 6.45) is -4.82. The van der Waals surface area contributed by atoms with Crippen molar-refractivity contribution in [2.24, 2.45) is 0 Å². The highest BCUT2D eigenvalue weighted by molar-refractivity contribution is 6.36. The van der Waals surface area contributed by atoms with E-state index in [1.807, 2.05) is 0 Å². The van der Waals surface area contributed by atoms with Crippen LogP contribution in [0.3, 0.4) is 0 Å². The fraction of sp³-hybridized carbons (Fsp3) is 0.333. The zero-order valence-corrected chi connectivity index (χ0v) is 36.7. The standard InChI is InChI=1S/C48H48N2O12/c1-45(2,3)59-41(55)49(42(56)60-46(4,5)6)31-23-21-25(33-35(31)39(53)29-19-15-13-17-27(29)37(33)51)26-22-24-32(36-34(26)38(52)28-18-14-16-20-30(28)40(36)54)50(43(57)61-47(7,8)9)44(58)62-48(10,11)12/h13-24H,1-12H3. The van der Waals surface area contributed by atoms with Crippen LogP contribution < -0.4 is 9.80 Å². The van der Waals surface area contributed by atoms with Crippen molar-refractivity contribution in [1.29, 1.82) is 0 Å². The molecule has 14 nitrogen and oxygen atoms in total. The van der Waals surface area contributed by atoms with Crippen LogP contribution in [0.15, 0.2) is 72.8 Å². The van der Waals surface area contributed by atoms with Crippen molar-refractivity contribution >= 4 is 58.9 Å². The number of carbonyl (C=O) groups excluding carboxylic acids is 8. The lowest BCUT2D eigenvalue weighted by Crippen LogP contribution is -2.45. The van der Waals surface area contributed by atoms with Crippen LogP contribution >= 0.6 is 0 Å². The van der Waals surface area contributed by atoms with E-state index in [9.17, 15) is 38.4 Å². The zero-order valence-electron chi connectivity index (χ0n) is 36.7. The molecule has 62 heavy (non-hydrogen) atoms. The summed E-state index contributed by atoms with van der Waals surface area (Å²) in [7, 11) is 0. The molecule has 2 aliphatic rings. The fourth-order valence-electron chi connectivity index (χ4n) is 7.01. The smallest absolute Gasteiger partial charge is 0.424 e. The van der Waals surface area contributed by atoms with Gasteiger partial charge in [-0.15, -0.1) is 0 Å². The number of imide groups is 2. The minimum Gasteiger partial charge on any atom is -0.443 e. The van der Waals surface area contributed by atoms with E-state index in [0.29, 0.717) is 9.80 Å². The summed E-state index contributed by atoms with van der Waals surface area (Å²) in [4.78, 5) is 116. The van der Waals surface area contributed by atoms with Crippen LogP contribution in [0.25, 0.3) is 11.1 Å². The number of rotatable bonds is 3. The van der Waals surface area contributed by atoms with Crippen molar-refractivity contribution in [3.05, 3.63) is 117 Å². The Bertz CT molecular complexity index is 2390. The number of carbonyl (C=O) groups is 8. The molecule has 4 aromatic carbocycles. The first-order valence-corrected chi connectivity index (χ1v) is 19.8. The summed E-state index contributed by atoms with van der Waals surface area (Å²) in [5.41, 5.74) is -6.77. The molecule has 0 bridgehead atoms. The Kier molecular flexibility index (Phi) is 11.1. The van der Waals surface area contributed by atoms with E-state index in [-0.39, 0.29) is 67.0 Å². The second-order valence-corrected chi connectivity index (χ2v) is 18.8. The molecule has 0 atom stereocenters. The molecular weight excluding hydrogens is 797 g/mol. The number of ether oxygens (including phenoxy) is 4. The molecule has 4 aromatic rings. The number of ketones is 4. The largest absolute Gasteiger partial charge is 0.443 e. The predicted octanol–water partition coefficient (Wildman–Crippen LogP) is 10.3. The molecule has 6 rings (SSSR count). The molecule has 0 N–H and O–H groups in total. The minimum atomic E-state index is -1.20. The van der Waals surface area contributed by atoms with E-state index in [2.05, 4.69) is 0 Å². The van der Waals surface area contributed by atoms with Gasteiger partial charge in [0, 0.05) is 33.4 Å². The molecule has 0 saturated heterocycles. The lowest BCUT2D eigenvalue weighted by Gasteiger charge is -2.32. The molecule has 0 radical (unpaired) electrons. The molecule has 0 spiro atoms. The molecule has 0 saturated carbocycles. The Labute approximate surface area is 359 Å². The average Bonchev–Trinajstić information content (AvgIpc) is 3.13. The summed E-state index contributed by atoms with van der Waals surface area (Å²) in [6.45, 7) is 19.0. The monoisotopic (exact) mass is 844 g/mol. The van der Waals surface area contributed by atoms with Gasteiger partial charge in [0.1, 0.15) is 22.4 Å². The maximum atomic E-state index is 14.9. The van der Waals surface area contributed by atoms with Crippen molar-refractivity contribution in [2.45, 2.75) is 105 Å². The van der Waals surface area contributed by atoms with Crippen LogP contribution in [-0.4, -0.2) is 69.9 Å². The minimum absolute atomic E-state index is 0.0104. The summed E-state index contributed by atoms with van der Waals surface area (Å²) in [6, 6.07) is 17.1. The van der Waals surface area contributed by atoms with Crippen molar-refractivity contribution in [1.82, 2.24) is 0 Å². The van der Waals surface area contributed by atoms with Gasteiger partial charge in [-0.1, -0.05) is 60.7 Å². The van der Waals surface area contributed by atoms with E-state index < -0.39 is 69.9 Å². The van der Waals surface area contributed by atoms with Gasteiger partial charge in [0.25, 0.3) is 0 Å². The Balaban J connectivity index is 1.72. The zero-order chi connectivity index (χ0) is 46.0. The van der Waals surface area contributed by atoms with Crippen LogP contribution in [0.5, 0.6) is 0 Å². The number of fused-ring (bicyclic) bond motifs is 4. The van der Waals surface area contributed by atoms with Gasteiger partial charge in [0.15, 0.2) is 23.1 Å². The van der Waals surface area contributed by atoms with Crippen LogP contribution in [0, 0.1) is 0 Å². The molecule has 322 valence electrons. The highest BCUT2D eigenvalue weighted by atomic mass is 16.6. The molecule has 0 aromatic heterocycles. The van der Waals surface area contributed by atoms with E-state index in [1.54, 1.807) is 107 Å². The molecular formula is C48H48N2O12. The van der Waals surface area contributed by atoms with Gasteiger partial charge >= 0.3 is 24.4 Å². The van der Waals surface area contributed by atoms with Gasteiger partial charge in [0.05, 0.1) is 22.5 Å². The van der Waals surface area contributed by atoms with Gasteiger partial charge in [0.2, 0.25) is 0 Å². The van der Waals surface area contributed by atoms with Crippen LogP contribution in [0.1, 0.15) is 147 Å². The fourth-order valence-corrected chi connectivity index (χ4v) is 7.01. The predicted molar refractivity (Wildman–Crippen MR) is 228 cm³/mol. The van der Waals surface area contributed by atoms with E-state index >= 15 is 0 Å². The Morgan fingerprint density at radius 3 is 0.790 bits per heavy atom. The van der Waals surface area contributed by atoms with E-state index in [0.717, 1.165) is 0 Å². The first kappa shape index (κ1) is 44.6. The van der Waals surface area contributed by atoms with Crippen LogP contribution in [0.4, 0.5) is 30.6 Å². The molecule has 2 aliphatic carbocycles. The number of benzene rings is 4. The van der Waals surface area contributed by atoms with Crippen molar-refractivity contribution in [2.75, 3.05) is 9.80 Å². The van der Waals surface area contributed by atoms with Crippen molar-refractivity contribution in [3.63, 3.8) is 0 Å². The molecule has 0 aliphatic heterocycles. The third-order valence-electron chi connectivity index (χ3n) is 9.18. The summed E-state index contributed by atoms with van der Waals surface area (Å²) >= 11 is 0. The second-order valence-electron chi connectivity index (χ2n) is 18.8. The van der Waals surface area contributed by atoms with Crippen molar-refractivity contribution < 1.29 is 57.3 Å². The van der Waals surface area contributed by atoms with Gasteiger partial charge in [-0.3, -0.25) is 19.2 Å². The molecule has 14 heteroatoms. The third-order valence-corrected chi connectivity index (χ3v) is 9.18. The topological polar surface area (TPSA) is 180 Å². The third kappa shape index (κ3) is 8.63. The lowest BCUT2D eigenvalue weighted by molar-refractivity contribution is 0.0408. The first-order chi connectivity index (χ1) is 28.6. The Morgan fingerprint density at radius 1 is 0.339 bits per heavy atom. The highest BCUT2D eigenvalue weighted by Crippen LogP contribution is 2.45. The Morgan fingerprint density at radius 2 is 0.565 bits per heavy atom. The average molecular weight is 845 g/mol. The maximum Gasteiger partial charge on any atom is 0.424 e. The molecule has 4 amide bonds. The van der Waals surface area contributed by atoms with Crippen molar-refractivity contribution in [3.8, 4) is 11.1 Å². The summed E-state index contributed by atoms with van der Waals surface area (Å²) in [5.74, 6) is -2.92. The van der Waals surface area contributed by atoms with Gasteiger partial charge in [-0.25, -0.2) is 19.2 Å². The number of anilines is 2. The number of amides is 4. The SMILES string of the molecule is CC(C)(C)OC(=O)N(C(=O)OC(C)(C)C)c1ccc(-c2ccc(N(C(=O)OC(C)(C)C)C(=O)OC(C)(C)C)c3c2C(=O)c2ccccc2C3=O)c2c1C(=O)c1ccccc1C2=O. The molecule has 0 fully saturated rings. The normalized spacial score (nSPS) is 13.5. The lowest BCUT2D eigenvalue weighted by atomic mass is 9.75. The van der Waals surface area contributed by atoms with Gasteiger partial charge in [-0.2, -0.15) is 9.80 Å². The first-order valence-electron chi connectivity index (χ1n) is 19.8.